The van der Waals surface area contributed by atoms with Gasteiger partial charge in [-0.1, -0.05) is 90.4 Å². The molecule has 0 aliphatic heterocycles. The fourth-order valence-electron chi connectivity index (χ4n) is 3.87. The Kier molecular flexibility index (Phi) is 23.1. The second-order valence-corrected chi connectivity index (χ2v) is 12.2. The molecule has 0 aromatic carbocycles. The predicted octanol–water partition coefficient (Wildman–Crippen LogP) is 6.38. The van der Waals surface area contributed by atoms with Gasteiger partial charge in [0.2, 0.25) is 0 Å². The number of rotatable bonds is 26. The van der Waals surface area contributed by atoms with E-state index in [-0.39, 0.29) is 24.9 Å². The van der Waals surface area contributed by atoms with Gasteiger partial charge < -0.3 is 19.7 Å². The van der Waals surface area contributed by atoms with E-state index in [0.29, 0.717) is 26.4 Å². The predicted molar refractivity (Wildman–Crippen MR) is 145 cm³/mol. The van der Waals surface area contributed by atoms with Crippen molar-refractivity contribution in [1.29, 1.82) is 0 Å². The quantitative estimate of drug-likeness (QED) is 0.101. The van der Waals surface area contributed by atoms with Crippen LogP contribution in [-0.4, -0.2) is 56.1 Å². The highest BCUT2D eigenvalue weighted by molar-refractivity contribution is 7.47. The lowest BCUT2D eigenvalue weighted by Gasteiger charge is -2.20. The van der Waals surface area contributed by atoms with E-state index in [1.165, 1.54) is 83.5 Å². The van der Waals surface area contributed by atoms with Gasteiger partial charge in [0.25, 0.3) is 0 Å². The smallest absolute Gasteiger partial charge is 0.379 e. The van der Waals surface area contributed by atoms with Gasteiger partial charge in [-0.3, -0.25) is 9.05 Å². The van der Waals surface area contributed by atoms with E-state index in [0.717, 1.165) is 6.42 Å². The van der Waals surface area contributed by atoms with Crippen LogP contribution < -0.4 is 5.32 Å². The number of quaternary nitrogens is 1. The zero-order valence-electron chi connectivity index (χ0n) is 23.7. The minimum atomic E-state index is -4.08. The molecule has 0 saturated carbocycles. The third kappa shape index (κ3) is 26.9. The molecule has 3 N–H and O–H groups in total. The van der Waals surface area contributed by atoms with Gasteiger partial charge in [0.15, 0.2) is 0 Å². The van der Waals surface area contributed by atoms with Crippen molar-refractivity contribution in [2.45, 2.75) is 136 Å². The first-order chi connectivity index (χ1) is 16.7. The van der Waals surface area contributed by atoms with Gasteiger partial charge in [-0.15, -0.1) is 0 Å². The maximum atomic E-state index is 12.1. The van der Waals surface area contributed by atoms with Crippen LogP contribution in [0.25, 0.3) is 0 Å². The van der Waals surface area contributed by atoms with E-state index in [4.69, 9.17) is 18.5 Å². The summed E-state index contributed by atoms with van der Waals surface area (Å²) >= 11 is 0. The molecule has 0 saturated heterocycles. The van der Waals surface area contributed by atoms with E-state index in [1.54, 1.807) is 0 Å². The van der Waals surface area contributed by atoms with Crippen molar-refractivity contribution >= 4 is 7.82 Å². The molecular weight excluding hydrogens is 465 g/mol. The van der Waals surface area contributed by atoms with Crippen LogP contribution in [0.15, 0.2) is 0 Å². The highest BCUT2D eigenvalue weighted by Gasteiger charge is 2.24. The summed E-state index contributed by atoms with van der Waals surface area (Å²) in [5.74, 6) is 0. The summed E-state index contributed by atoms with van der Waals surface area (Å²) in [7, 11) is -4.08. The number of hydrogen-bond acceptors (Lipinski definition) is 5. The van der Waals surface area contributed by atoms with Gasteiger partial charge in [0.1, 0.15) is 19.3 Å². The molecule has 0 spiro atoms. The molecule has 8 heteroatoms. The molecular formula is C27H59NO6P+. The van der Waals surface area contributed by atoms with Crippen molar-refractivity contribution in [2.24, 2.45) is 0 Å². The average Bonchev–Trinajstić information content (AvgIpc) is 2.79. The molecule has 0 rings (SSSR count). The lowest BCUT2D eigenvalue weighted by molar-refractivity contribution is -0.717. The minimum absolute atomic E-state index is 0.0245. The number of nitrogens with two attached hydrogens (primary N) is 1. The lowest BCUT2D eigenvalue weighted by atomic mass is 10.0. The lowest BCUT2D eigenvalue weighted by Crippen LogP contribution is -2.95. The Morgan fingerprint density at radius 1 is 0.743 bits per heavy atom. The van der Waals surface area contributed by atoms with Crippen molar-refractivity contribution in [1.82, 2.24) is 0 Å². The summed E-state index contributed by atoms with van der Waals surface area (Å²) in [6, 6.07) is 0. The van der Waals surface area contributed by atoms with Gasteiger partial charge in [-0.25, -0.2) is 4.57 Å². The van der Waals surface area contributed by atoms with Crippen LogP contribution >= 0.6 is 7.82 Å². The second kappa shape index (κ2) is 23.1. The zero-order chi connectivity index (χ0) is 26.3. The summed E-state index contributed by atoms with van der Waals surface area (Å²) < 4.78 is 33.6. The van der Waals surface area contributed by atoms with Crippen molar-refractivity contribution in [2.75, 3.05) is 39.6 Å². The first-order valence-corrected chi connectivity index (χ1v) is 15.8. The Hall–Kier alpha value is -0.0100. The largest absolute Gasteiger partial charge is 0.472 e. The Balaban J connectivity index is 3.66. The number of phosphoric acid groups is 1. The van der Waals surface area contributed by atoms with Crippen LogP contribution in [0, 0.1) is 0 Å². The number of unbranched alkanes of at least 4 members (excludes halogenated alkanes) is 13. The van der Waals surface area contributed by atoms with E-state index in [2.05, 4.69) is 33.0 Å². The molecule has 0 aromatic rings. The third-order valence-electron chi connectivity index (χ3n) is 5.90. The van der Waals surface area contributed by atoms with Crippen LogP contribution in [0.1, 0.15) is 125 Å². The van der Waals surface area contributed by atoms with Crippen LogP contribution in [0.5, 0.6) is 0 Å². The molecule has 0 radical (unpaired) electrons. The topological polar surface area (TPSA) is 90.8 Å². The molecule has 0 fully saturated rings. The summed E-state index contributed by atoms with van der Waals surface area (Å²) in [4.78, 5) is 9.87. The van der Waals surface area contributed by atoms with Crippen LogP contribution in [0.4, 0.5) is 0 Å². The standard InChI is InChI=1S/C27H58NO6P/c1-6-8-9-10-11-12-13-14-15-16-17-18-19-20-22-31-24-26(32-7-2)25-34-35(29,30)33-23-21-28-27(3,4)5/h26,28H,6-25H2,1-5H3,(H,29,30)/p+1/t26-/m1/s1. The molecule has 0 aliphatic rings. The average molecular weight is 525 g/mol. The number of phosphoric ester groups is 1. The Morgan fingerprint density at radius 2 is 1.26 bits per heavy atom. The van der Waals surface area contributed by atoms with E-state index < -0.39 is 7.82 Å². The van der Waals surface area contributed by atoms with Crippen LogP contribution in [0.3, 0.4) is 0 Å². The fraction of sp³-hybridized carbons (Fsp3) is 1.00. The molecule has 1 unspecified atom stereocenters. The van der Waals surface area contributed by atoms with Crippen LogP contribution in [-0.2, 0) is 23.1 Å². The first kappa shape index (κ1) is 35.0. The summed E-state index contributed by atoms with van der Waals surface area (Å²) in [5, 5.41) is 2.06. The third-order valence-corrected chi connectivity index (χ3v) is 6.89. The molecule has 212 valence electrons. The first-order valence-electron chi connectivity index (χ1n) is 14.4. The SMILES string of the molecule is CCCCCCCCCCCCCCCCOC[C@H](COP(=O)(O)OCC[NH2+]C(C)(C)C)OCC. The highest BCUT2D eigenvalue weighted by Crippen LogP contribution is 2.43. The van der Waals surface area contributed by atoms with Gasteiger partial charge in [-0.2, -0.15) is 0 Å². The molecule has 35 heavy (non-hydrogen) atoms. The zero-order valence-corrected chi connectivity index (χ0v) is 24.6. The normalized spacial score (nSPS) is 14.8. The Morgan fingerprint density at radius 3 is 1.74 bits per heavy atom. The molecule has 2 atom stereocenters. The van der Waals surface area contributed by atoms with Crippen molar-refractivity contribution in [3.63, 3.8) is 0 Å². The Bertz CT molecular complexity index is 501. The molecule has 7 nitrogen and oxygen atoms in total. The Labute approximate surface area is 217 Å². The summed E-state index contributed by atoms with van der Waals surface area (Å²) in [6.07, 6.45) is 18.3. The van der Waals surface area contributed by atoms with Gasteiger partial charge in [0.05, 0.1) is 18.8 Å². The minimum Gasteiger partial charge on any atom is -0.379 e. The molecule has 0 amide bonds. The molecule has 0 bridgehead atoms. The maximum absolute atomic E-state index is 12.1. The molecule has 0 aliphatic carbocycles. The fourth-order valence-corrected chi connectivity index (χ4v) is 4.63. The monoisotopic (exact) mass is 524 g/mol. The summed E-state index contributed by atoms with van der Waals surface area (Å²) in [6.45, 7) is 12.6. The van der Waals surface area contributed by atoms with Gasteiger partial charge >= 0.3 is 7.82 Å². The van der Waals surface area contributed by atoms with Crippen molar-refractivity contribution < 1.29 is 33.3 Å². The van der Waals surface area contributed by atoms with Crippen molar-refractivity contribution in [3.8, 4) is 0 Å². The van der Waals surface area contributed by atoms with E-state index in [9.17, 15) is 9.46 Å². The molecule has 0 heterocycles. The van der Waals surface area contributed by atoms with E-state index >= 15 is 0 Å². The molecule has 0 aromatic heterocycles. The van der Waals surface area contributed by atoms with Gasteiger partial charge in [0, 0.05) is 13.2 Å². The maximum Gasteiger partial charge on any atom is 0.472 e. The number of ether oxygens (including phenoxy) is 2. The van der Waals surface area contributed by atoms with Crippen molar-refractivity contribution in [3.05, 3.63) is 0 Å². The van der Waals surface area contributed by atoms with Gasteiger partial charge in [-0.05, 0) is 34.1 Å². The number of hydrogen-bond donors (Lipinski definition) is 2. The van der Waals surface area contributed by atoms with Crippen LogP contribution in [0.2, 0.25) is 0 Å². The second-order valence-electron chi connectivity index (χ2n) is 10.7. The van der Waals surface area contributed by atoms with E-state index in [1.807, 2.05) is 6.92 Å². The highest BCUT2D eigenvalue weighted by atomic mass is 31.2. The summed E-state index contributed by atoms with van der Waals surface area (Å²) in [5.41, 5.74) is 0.0496.